The molecule has 0 aliphatic carbocycles. The summed E-state index contributed by atoms with van der Waals surface area (Å²) in [7, 11) is 0. The van der Waals surface area contributed by atoms with Gasteiger partial charge in [0.15, 0.2) is 5.82 Å². The van der Waals surface area contributed by atoms with Gasteiger partial charge in [-0.25, -0.2) is 4.98 Å². The fraction of sp³-hybridized carbons (Fsp3) is 0. The van der Waals surface area contributed by atoms with Gasteiger partial charge < -0.3 is 0 Å². The fourth-order valence-corrected chi connectivity index (χ4v) is 6.63. The number of rotatable bonds is 2. The van der Waals surface area contributed by atoms with E-state index in [9.17, 15) is 0 Å². The summed E-state index contributed by atoms with van der Waals surface area (Å²) in [6.07, 6.45) is 3.78. The summed E-state index contributed by atoms with van der Waals surface area (Å²) in [5, 5.41) is 7.58. The van der Waals surface area contributed by atoms with Crippen LogP contribution in [-0.4, -0.2) is 14.5 Å². The Morgan fingerprint density at radius 2 is 1.33 bits per heavy atom. The molecule has 0 spiro atoms. The van der Waals surface area contributed by atoms with Crippen LogP contribution in [-0.2, 0) is 0 Å². The SMILES string of the molecule is c1ccc(-c2cnc(-n3c4ccccc4c4ccc5ccc6sc7ccccc7c6c5c43)cn2)cc1. The van der Waals surface area contributed by atoms with Crippen LogP contribution in [0.2, 0.25) is 0 Å². The van der Waals surface area contributed by atoms with Gasteiger partial charge >= 0.3 is 0 Å². The minimum atomic E-state index is 0.824. The smallest absolute Gasteiger partial charge is 0.156 e. The third kappa shape index (κ3) is 2.73. The minimum absolute atomic E-state index is 0.824. The van der Waals surface area contributed by atoms with E-state index >= 15 is 0 Å². The number of nitrogens with zero attached hydrogens (tertiary/aromatic N) is 3. The zero-order chi connectivity index (χ0) is 23.6. The van der Waals surface area contributed by atoms with Crippen LogP contribution in [0.15, 0.2) is 116 Å². The van der Waals surface area contributed by atoms with Crippen molar-refractivity contribution in [2.75, 3.05) is 0 Å². The number of benzene rings is 5. The monoisotopic (exact) mass is 477 g/mol. The van der Waals surface area contributed by atoms with Gasteiger partial charge in [-0.15, -0.1) is 11.3 Å². The molecule has 8 aromatic rings. The van der Waals surface area contributed by atoms with Crippen LogP contribution in [0.5, 0.6) is 0 Å². The van der Waals surface area contributed by atoms with Crippen LogP contribution in [0.1, 0.15) is 0 Å². The molecule has 5 aromatic carbocycles. The molecule has 0 fully saturated rings. The van der Waals surface area contributed by atoms with Crippen molar-refractivity contribution in [3.63, 3.8) is 0 Å². The van der Waals surface area contributed by atoms with Gasteiger partial charge in [-0.05, 0) is 23.6 Å². The van der Waals surface area contributed by atoms with E-state index in [2.05, 4.69) is 89.5 Å². The molecule has 0 bridgehead atoms. The standard InChI is InChI=1S/C32H19N3S/c1-2-8-20(9-3-1)25-18-34-29(19-33-25)35-26-12-6-4-10-22(26)23-16-14-21-15-17-28-31(30(21)32(23)35)24-11-5-7-13-27(24)36-28/h1-19H. The molecule has 0 aliphatic heterocycles. The number of hydrogen-bond acceptors (Lipinski definition) is 3. The predicted molar refractivity (Wildman–Crippen MR) is 152 cm³/mol. The summed E-state index contributed by atoms with van der Waals surface area (Å²) in [5.74, 6) is 0.824. The Hall–Kier alpha value is -4.54. The van der Waals surface area contributed by atoms with Crippen LogP contribution in [0.4, 0.5) is 0 Å². The van der Waals surface area contributed by atoms with Crippen molar-refractivity contribution in [3.8, 4) is 17.1 Å². The summed E-state index contributed by atoms with van der Waals surface area (Å²) >= 11 is 1.86. The Balaban J connectivity index is 1.53. The first-order valence-electron chi connectivity index (χ1n) is 12.0. The molecule has 0 saturated carbocycles. The third-order valence-corrected chi connectivity index (χ3v) is 8.23. The van der Waals surface area contributed by atoms with E-state index in [1.807, 2.05) is 41.9 Å². The maximum absolute atomic E-state index is 4.94. The van der Waals surface area contributed by atoms with Crippen LogP contribution in [0.25, 0.3) is 69.8 Å². The highest BCUT2D eigenvalue weighted by Gasteiger charge is 2.19. The number of hydrogen-bond donors (Lipinski definition) is 0. The lowest BCUT2D eigenvalue weighted by Gasteiger charge is -2.10. The van der Waals surface area contributed by atoms with Crippen LogP contribution < -0.4 is 0 Å². The van der Waals surface area contributed by atoms with Gasteiger partial charge in [0.1, 0.15) is 0 Å². The first-order valence-corrected chi connectivity index (χ1v) is 12.8. The number of fused-ring (bicyclic) bond motifs is 9. The Morgan fingerprint density at radius 1 is 0.556 bits per heavy atom. The summed E-state index contributed by atoms with van der Waals surface area (Å²) < 4.78 is 4.91. The van der Waals surface area contributed by atoms with Crippen LogP contribution in [0, 0.1) is 0 Å². The topological polar surface area (TPSA) is 30.7 Å². The average Bonchev–Trinajstić information content (AvgIpc) is 3.49. The third-order valence-electron chi connectivity index (χ3n) is 7.09. The van der Waals surface area contributed by atoms with Crippen molar-refractivity contribution in [2.45, 2.75) is 0 Å². The van der Waals surface area contributed by atoms with E-state index < -0.39 is 0 Å². The maximum Gasteiger partial charge on any atom is 0.156 e. The van der Waals surface area contributed by atoms with E-state index in [0.29, 0.717) is 0 Å². The van der Waals surface area contributed by atoms with Crippen LogP contribution in [0.3, 0.4) is 0 Å². The summed E-state index contributed by atoms with van der Waals surface area (Å²) in [5.41, 5.74) is 4.26. The molecule has 8 rings (SSSR count). The van der Waals surface area contributed by atoms with E-state index in [4.69, 9.17) is 9.97 Å². The molecule has 0 aliphatic rings. The van der Waals surface area contributed by atoms with Crippen molar-refractivity contribution in [2.24, 2.45) is 0 Å². The van der Waals surface area contributed by atoms with Crippen molar-refractivity contribution in [3.05, 3.63) is 116 Å². The molecular formula is C32H19N3S. The highest BCUT2D eigenvalue weighted by atomic mass is 32.1. The summed E-state index contributed by atoms with van der Waals surface area (Å²) in [4.78, 5) is 9.76. The van der Waals surface area contributed by atoms with Crippen molar-refractivity contribution >= 4 is 64.1 Å². The predicted octanol–water partition coefficient (Wildman–Crippen LogP) is 8.76. The normalized spacial score (nSPS) is 11.9. The molecule has 0 saturated heterocycles. The first kappa shape index (κ1) is 19.7. The second-order valence-corrected chi connectivity index (χ2v) is 10.2. The largest absolute Gasteiger partial charge is 0.292 e. The van der Waals surface area contributed by atoms with Gasteiger partial charge in [0.05, 0.1) is 29.1 Å². The van der Waals surface area contributed by atoms with Gasteiger partial charge in [0.25, 0.3) is 0 Å². The summed E-state index contributed by atoms with van der Waals surface area (Å²) in [6, 6.07) is 36.5. The van der Waals surface area contributed by atoms with Gasteiger partial charge in [0.2, 0.25) is 0 Å². The lowest BCUT2D eigenvalue weighted by atomic mass is 10.0. The Bertz CT molecular complexity index is 2080. The molecule has 0 amide bonds. The van der Waals surface area contributed by atoms with Crippen LogP contribution >= 0.6 is 11.3 Å². The van der Waals surface area contributed by atoms with E-state index in [1.54, 1.807) is 0 Å². The average molecular weight is 478 g/mol. The molecule has 3 heterocycles. The van der Waals surface area contributed by atoms with E-state index in [-0.39, 0.29) is 0 Å². The number of para-hydroxylation sites is 1. The zero-order valence-corrected chi connectivity index (χ0v) is 20.0. The van der Waals surface area contributed by atoms with E-state index in [0.717, 1.165) is 22.6 Å². The molecule has 4 heteroatoms. The molecule has 36 heavy (non-hydrogen) atoms. The first-order chi connectivity index (χ1) is 17.9. The van der Waals surface area contributed by atoms with Crippen molar-refractivity contribution < 1.29 is 0 Å². The molecule has 0 N–H and O–H groups in total. The molecule has 168 valence electrons. The number of thiophene rings is 1. The molecular weight excluding hydrogens is 458 g/mol. The molecule has 3 nitrogen and oxygen atoms in total. The lowest BCUT2D eigenvalue weighted by molar-refractivity contribution is 1.05. The molecule has 0 radical (unpaired) electrons. The lowest BCUT2D eigenvalue weighted by Crippen LogP contribution is -1.99. The van der Waals surface area contributed by atoms with Gasteiger partial charge in [0, 0.05) is 41.9 Å². The zero-order valence-electron chi connectivity index (χ0n) is 19.2. The maximum atomic E-state index is 4.94. The van der Waals surface area contributed by atoms with Crippen molar-refractivity contribution in [1.29, 1.82) is 0 Å². The minimum Gasteiger partial charge on any atom is -0.292 e. The van der Waals surface area contributed by atoms with Crippen molar-refractivity contribution in [1.82, 2.24) is 14.5 Å². The molecule has 3 aromatic heterocycles. The Morgan fingerprint density at radius 3 is 2.19 bits per heavy atom. The Labute approximate surface area is 210 Å². The highest BCUT2D eigenvalue weighted by Crippen LogP contribution is 2.43. The quantitative estimate of drug-likeness (QED) is 0.249. The Kier molecular flexibility index (Phi) is 4.10. The van der Waals surface area contributed by atoms with E-state index in [1.165, 1.54) is 47.2 Å². The van der Waals surface area contributed by atoms with Gasteiger partial charge in [-0.3, -0.25) is 9.55 Å². The number of aromatic nitrogens is 3. The summed E-state index contributed by atoms with van der Waals surface area (Å²) in [6.45, 7) is 0. The molecule has 0 unspecified atom stereocenters. The molecule has 0 atom stereocenters. The van der Waals surface area contributed by atoms with Gasteiger partial charge in [-0.2, -0.15) is 0 Å². The second kappa shape index (κ2) is 7.48. The fourth-order valence-electron chi connectivity index (χ4n) is 5.51. The highest BCUT2D eigenvalue weighted by molar-refractivity contribution is 7.26. The van der Waals surface area contributed by atoms with Gasteiger partial charge in [-0.1, -0.05) is 84.9 Å². The second-order valence-electron chi connectivity index (χ2n) is 9.08.